The van der Waals surface area contributed by atoms with Crippen molar-refractivity contribution >= 4 is 28.3 Å². The maximum atomic E-state index is 12.4. The number of hydrogen-bond donors (Lipinski definition) is 2. The van der Waals surface area contributed by atoms with Crippen molar-refractivity contribution in [1.29, 1.82) is 0 Å². The average molecular weight is 413 g/mol. The van der Waals surface area contributed by atoms with Crippen molar-refractivity contribution in [1.82, 2.24) is 4.98 Å². The molecule has 0 unspecified atom stereocenters. The van der Waals surface area contributed by atoms with Gasteiger partial charge in [-0.05, 0) is 49.4 Å². The van der Waals surface area contributed by atoms with Gasteiger partial charge in [-0.25, -0.2) is 9.78 Å². The molecule has 4 aromatic rings. The van der Waals surface area contributed by atoms with Crippen LogP contribution in [-0.2, 0) is 0 Å². The maximum Gasteiger partial charge on any atom is 0.323 e. The zero-order valence-electron chi connectivity index (χ0n) is 17.6. The van der Waals surface area contributed by atoms with Crippen LogP contribution in [0.2, 0.25) is 0 Å². The molecule has 3 aromatic carbocycles. The van der Waals surface area contributed by atoms with Crippen molar-refractivity contribution in [2.45, 2.75) is 6.92 Å². The number of aryl methyl sites for hydroxylation is 1. The van der Waals surface area contributed by atoms with Gasteiger partial charge in [-0.3, -0.25) is 0 Å². The molecule has 0 radical (unpaired) electrons. The fourth-order valence-electron chi connectivity index (χ4n) is 3.28. The van der Waals surface area contributed by atoms with Crippen LogP contribution in [0, 0.1) is 6.92 Å². The van der Waals surface area contributed by atoms with E-state index in [-0.39, 0.29) is 6.03 Å². The lowest BCUT2D eigenvalue weighted by atomic mass is 10.1. The van der Waals surface area contributed by atoms with Crippen LogP contribution in [0.5, 0.6) is 11.5 Å². The van der Waals surface area contributed by atoms with Crippen molar-refractivity contribution in [3.63, 3.8) is 0 Å². The normalized spacial score (nSPS) is 10.5. The Balaban J connectivity index is 1.57. The standard InChI is InChI=1S/C25H23N3O3/c1-16-4-6-17(7-5-16)23-15-24(31-3)21-14-19(10-13-22(21)28-23)27-25(29)26-18-8-11-20(30-2)12-9-18/h4-15H,1-3H3,(H2,26,27,29). The molecule has 0 fully saturated rings. The molecule has 1 aromatic heterocycles. The number of amides is 2. The zero-order valence-corrected chi connectivity index (χ0v) is 17.6. The van der Waals surface area contributed by atoms with Gasteiger partial charge in [0, 0.05) is 28.4 Å². The van der Waals surface area contributed by atoms with Crippen LogP contribution in [0.1, 0.15) is 5.56 Å². The fourth-order valence-corrected chi connectivity index (χ4v) is 3.28. The molecule has 156 valence electrons. The molecule has 6 nitrogen and oxygen atoms in total. The molecule has 2 amide bonds. The van der Waals surface area contributed by atoms with Gasteiger partial charge in [-0.2, -0.15) is 0 Å². The summed E-state index contributed by atoms with van der Waals surface area (Å²) in [6.45, 7) is 2.05. The number of benzene rings is 3. The Morgan fingerprint density at radius 3 is 2.16 bits per heavy atom. The largest absolute Gasteiger partial charge is 0.497 e. The quantitative estimate of drug-likeness (QED) is 0.429. The van der Waals surface area contributed by atoms with Gasteiger partial charge in [0.05, 0.1) is 25.4 Å². The van der Waals surface area contributed by atoms with Crippen LogP contribution in [0.15, 0.2) is 72.8 Å². The molecule has 0 aliphatic rings. The summed E-state index contributed by atoms with van der Waals surface area (Å²) in [5.74, 6) is 1.42. The van der Waals surface area contributed by atoms with Crippen LogP contribution >= 0.6 is 0 Å². The number of aromatic nitrogens is 1. The molecule has 4 rings (SSSR count). The number of nitrogens with one attached hydrogen (secondary N) is 2. The molecule has 0 saturated heterocycles. The van der Waals surface area contributed by atoms with Crippen LogP contribution in [0.25, 0.3) is 22.2 Å². The minimum atomic E-state index is -0.340. The summed E-state index contributed by atoms with van der Waals surface area (Å²) in [5, 5.41) is 6.47. The van der Waals surface area contributed by atoms with Gasteiger partial charge in [0.1, 0.15) is 11.5 Å². The molecule has 6 heteroatoms. The summed E-state index contributed by atoms with van der Waals surface area (Å²) in [6, 6.07) is 22.4. The third-order valence-electron chi connectivity index (χ3n) is 4.94. The SMILES string of the molecule is COc1ccc(NC(=O)Nc2ccc3nc(-c4ccc(C)cc4)cc(OC)c3c2)cc1. The van der Waals surface area contributed by atoms with Gasteiger partial charge in [-0.1, -0.05) is 29.8 Å². The molecule has 0 atom stereocenters. The molecule has 0 saturated carbocycles. The average Bonchev–Trinajstić information content (AvgIpc) is 2.79. The van der Waals surface area contributed by atoms with E-state index in [1.165, 1.54) is 5.56 Å². The van der Waals surface area contributed by atoms with Crippen molar-refractivity contribution in [2.24, 2.45) is 0 Å². The number of anilines is 2. The highest BCUT2D eigenvalue weighted by atomic mass is 16.5. The number of fused-ring (bicyclic) bond motifs is 1. The Labute approximate surface area is 180 Å². The monoisotopic (exact) mass is 413 g/mol. The third-order valence-corrected chi connectivity index (χ3v) is 4.94. The van der Waals surface area contributed by atoms with Crippen LogP contribution in [0.3, 0.4) is 0 Å². The molecule has 0 bridgehead atoms. The first kappa shape index (κ1) is 20.2. The van der Waals surface area contributed by atoms with Gasteiger partial charge < -0.3 is 20.1 Å². The predicted molar refractivity (Wildman–Crippen MR) is 124 cm³/mol. The number of urea groups is 1. The molecule has 2 N–H and O–H groups in total. The molecule has 1 heterocycles. The molecule has 0 aliphatic carbocycles. The highest BCUT2D eigenvalue weighted by Crippen LogP contribution is 2.32. The highest BCUT2D eigenvalue weighted by molar-refractivity contribution is 6.01. The number of carbonyl (C=O) groups excluding carboxylic acids is 1. The van der Waals surface area contributed by atoms with Crippen LogP contribution in [0.4, 0.5) is 16.2 Å². The molecule has 0 aliphatic heterocycles. The first-order valence-corrected chi connectivity index (χ1v) is 9.83. The molecule has 31 heavy (non-hydrogen) atoms. The Morgan fingerprint density at radius 2 is 1.48 bits per heavy atom. The Bertz CT molecular complexity index is 1220. The summed E-state index contributed by atoms with van der Waals surface area (Å²) in [5.41, 5.74) is 5.15. The van der Waals surface area contributed by atoms with E-state index in [1.54, 1.807) is 38.5 Å². The van der Waals surface area contributed by atoms with Crippen LogP contribution in [-0.4, -0.2) is 25.2 Å². The van der Waals surface area contributed by atoms with Crippen molar-refractivity contribution < 1.29 is 14.3 Å². The minimum absolute atomic E-state index is 0.340. The molecule has 0 spiro atoms. The van der Waals surface area contributed by atoms with E-state index >= 15 is 0 Å². The number of nitrogens with zero attached hydrogens (tertiary/aromatic N) is 1. The Hall–Kier alpha value is -4.06. The van der Waals surface area contributed by atoms with E-state index in [4.69, 9.17) is 14.5 Å². The van der Waals surface area contributed by atoms with E-state index in [0.717, 1.165) is 27.9 Å². The number of rotatable bonds is 5. The van der Waals surface area contributed by atoms with Gasteiger partial charge >= 0.3 is 6.03 Å². The van der Waals surface area contributed by atoms with Gasteiger partial charge in [0.2, 0.25) is 0 Å². The molecular formula is C25H23N3O3. The van der Waals surface area contributed by atoms with Gasteiger partial charge in [-0.15, -0.1) is 0 Å². The minimum Gasteiger partial charge on any atom is -0.497 e. The number of hydrogen-bond acceptors (Lipinski definition) is 4. The first-order valence-electron chi connectivity index (χ1n) is 9.83. The second-order valence-electron chi connectivity index (χ2n) is 7.12. The van der Waals surface area contributed by atoms with E-state index < -0.39 is 0 Å². The number of carbonyl (C=O) groups is 1. The summed E-state index contributed by atoms with van der Waals surface area (Å²) >= 11 is 0. The van der Waals surface area contributed by atoms with Crippen molar-refractivity contribution in [3.8, 4) is 22.8 Å². The van der Waals surface area contributed by atoms with Gasteiger partial charge in [0.15, 0.2) is 0 Å². The van der Waals surface area contributed by atoms with E-state index in [2.05, 4.69) is 29.7 Å². The lowest BCUT2D eigenvalue weighted by Gasteiger charge is -2.12. The van der Waals surface area contributed by atoms with Crippen LogP contribution < -0.4 is 20.1 Å². The smallest absolute Gasteiger partial charge is 0.323 e. The van der Waals surface area contributed by atoms with E-state index in [9.17, 15) is 4.79 Å². The summed E-state index contributed by atoms with van der Waals surface area (Å²) in [7, 11) is 3.23. The second kappa shape index (κ2) is 8.75. The predicted octanol–water partition coefficient (Wildman–Crippen LogP) is 5.87. The summed E-state index contributed by atoms with van der Waals surface area (Å²) in [6.07, 6.45) is 0. The lowest BCUT2D eigenvalue weighted by molar-refractivity contribution is 0.262. The topological polar surface area (TPSA) is 72.5 Å². The Kier molecular flexibility index (Phi) is 5.71. The third kappa shape index (κ3) is 4.59. The maximum absolute atomic E-state index is 12.4. The number of pyridine rings is 1. The van der Waals surface area contributed by atoms with E-state index in [0.29, 0.717) is 17.1 Å². The molecular weight excluding hydrogens is 390 g/mol. The second-order valence-corrected chi connectivity index (χ2v) is 7.12. The lowest BCUT2D eigenvalue weighted by Crippen LogP contribution is -2.19. The van der Waals surface area contributed by atoms with Crippen molar-refractivity contribution in [3.05, 3.63) is 78.4 Å². The van der Waals surface area contributed by atoms with E-state index in [1.807, 2.05) is 36.4 Å². The van der Waals surface area contributed by atoms with Crippen molar-refractivity contribution in [2.75, 3.05) is 24.9 Å². The number of methoxy groups -OCH3 is 2. The Morgan fingerprint density at radius 1 is 0.806 bits per heavy atom. The highest BCUT2D eigenvalue weighted by Gasteiger charge is 2.10. The fraction of sp³-hybridized carbons (Fsp3) is 0.120. The summed E-state index contributed by atoms with van der Waals surface area (Å²) < 4.78 is 10.7. The van der Waals surface area contributed by atoms with Gasteiger partial charge in [0.25, 0.3) is 0 Å². The first-order chi connectivity index (χ1) is 15.1. The zero-order chi connectivity index (χ0) is 21.8. The number of ether oxygens (including phenoxy) is 2. The summed E-state index contributed by atoms with van der Waals surface area (Å²) in [4.78, 5) is 17.2.